The largest absolute Gasteiger partial charge is 0.507 e. The fraction of sp³-hybridized carbons (Fsp3) is 0.250. The molecule has 1 aromatic carbocycles. The number of hydrogen-bond donors (Lipinski definition) is 1. The Balaban J connectivity index is 3.21. The molecule has 0 aromatic heterocycles. The van der Waals surface area contributed by atoms with Crippen molar-refractivity contribution in [3.8, 4) is 5.75 Å². The van der Waals surface area contributed by atoms with Crippen molar-refractivity contribution in [2.45, 2.75) is 13.3 Å². The van der Waals surface area contributed by atoms with Gasteiger partial charge in [0.25, 0.3) is 0 Å². The van der Waals surface area contributed by atoms with Gasteiger partial charge >= 0.3 is 0 Å². The first kappa shape index (κ1) is 9.13. The van der Waals surface area contributed by atoms with Crippen LogP contribution in [0.5, 0.6) is 5.75 Å². The fourth-order valence-corrected chi connectivity index (χ4v) is 1.80. The van der Waals surface area contributed by atoms with Crippen LogP contribution < -0.4 is 0 Å². The molecule has 0 aliphatic heterocycles. The topological polar surface area (TPSA) is 20.2 Å². The van der Waals surface area contributed by atoms with Crippen LogP contribution in [0.1, 0.15) is 12.5 Å². The van der Waals surface area contributed by atoms with E-state index < -0.39 is 0 Å². The van der Waals surface area contributed by atoms with E-state index in [1.807, 2.05) is 29.5 Å². The molecular weight excluding hydrogens is 274 g/mol. The predicted molar refractivity (Wildman–Crippen MR) is 55.2 cm³/mol. The number of benzene rings is 1. The summed E-state index contributed by atoms with van der Waals surface area (Å²) in [6.45, 7) is 2.01. The predicted octanol–water partition coefficient (Wildman–Crippen LogP) is 3.21. The number of hydrogen-bond acceptors (Lipinski definition) is 1. The maximum Gasteiger partial charge on any atom is 0.129 e. The van der Waals surface area contributed by atoms with Crippen LogP contribution in [0.4, 0.5) is 0 Å². The van der Waals surface area contributed by atoms with Crippen molar-refractivity contribution in [3.05, 3.63) is 26.3 Å². The zero-order valence-electron chi connectivity index (χ0n) is 6.06. The van der Waals surface area contributed by atoms with Gasteiger partial charge in [0, 0.05) is 5.02 Å². The highest BCUT2D eigenvalue weighted by molar-refractivity contribution is 14.1. The maximum atomic E-state index is 9.29. The summed E-state index contributed by atoms with van der Waals surface area (Å²) in [7, 11) is 0. The minimum absolute atomic E-state index is 0.312. The average Bonchev–Trinajstić information content (AvgIpc) is 1.97. The number of halogens is 2. The molecule has 0 bridgehead atoms. The Labute approximate surface area is 84.5 Å². The molecule has 60 valence electrons. The van der Waals surface area contributed by atoms with E-state index >= 15 is 0 Å². The number of phenolic OH excluding ortho intramolecular Hbond substituents is 1. The second-order valence-electron chi connectivity index (χ2n) is 2.25. The molecule has 0 unspecified atom stereocenters. The lowest BCUT2D eigenvalue weighted by Gasteiger charge is -2.02. The minimum Gasteiger partial charge on any atom is -0.507 e. The second kappa shape index (κ2) is 3.63. The molecule has 0 heterocycles. The van der Waals surface area contributed by atoms with E-state index in [2.05, 4.69) is 0 Å². The Bertz CT molecular complexity index is 273. The zero-order chi connectivity index (χ0) is 8.43. The molecule has 3 heteroatoms. The summed E-state index contributed by atoms with van der Waals surface area (Å²) >= 11 is 7.93. The number of aryl methyl sites for hydroxylation is 1. The van der Waals surface area contributed by atoms with Crippen molar-refractivity contribution < 1.29 is 5.11 Å². The third kappa shape index (κ3) is 1.99. The molecule has 0 atom stereocenters. The molecule has 0 spiro atoms. The van der Waals surface area contributed by atoms with Gasteiger partial charge < -0.3 is 5.11 Å². The molecule has 1 nitrogen and oxygen atoms in total. The lowest BCUT2D eigenvalue weighted by Crippen LogP contribution is -1.83. The second-order valence-corrected chi connectivity index (χ2v) is 3.82. The summed E-state index contributed by atoms with van der Waals surface area (Å²) in [6.07, 6.45) is 0.851. The van der Waals surface area contributed by atoms with Crippen molar-refractivity contribution in [3.63, 3.8) is 0 Å². The van der Waals surface area contributed by atoms with Crippen LogP contribution in [-0.2, 0) is 6.42 Å². The number of aromatic hydroxyl groups is 1. The molecule has 0 saturated heterocycles. The molecule has 1 aromatic rings. The standard InChI is InChI=1S/C8H8ClIO/c1-2-5-3-8(11)7(10)4-6(5)9/h3-4,11H,2H2,1H3. The van der Waals surface area contributed by atoms with Gasteiger partial charge in [0.05, 0.1) is 3.57 Å². The van der Waals surface area contributed by atoms with Crippen molar-refractivity contribution in [2.75, 3.05) is 0 Å². The van der Waals surface area contributed by atoms with Crippen LogP contribution in [0.15, 0.2) is 12.1 Å². The van der Waals surface area contributed by atoms with Gasteiger partial charge in [-0.15, -0.1) is 0 Å². The van der Waals surface area contributed by atoms with E-state index in [4.69, 9.17) is 11.6 Å². The SMILES string of the molecule is CCc1cc(O)c(I)cc1Cl. The van der Waals surface area contributed by atoms with Gasteiger partial charge in [-0.25, -0.2) is 0 Å². The maximum absolute atomic E-state index is 9.29. The summed E-state index contributed by atoms with van der Waals surface area (Å²) in [4.78, 5) is 0. The quantitative estimate of drug-likeness (QED) is 0.784. The van der Waals surface area contributed by atoms with E-state index in [9.17, 15) is 5.11 Å². The van der Waals surface area contributed by atoms with Crippen molar-refractivity contribution >= 4 is 34.2 Å². The van der Waals surface area contributed by atoms with Gasteiger partial charge in [-0.1, -0.05) is 18.5 Å². The van der Waals surface area contributed by atoms with Crippen LogP contribution in [0.2, 0.25) is 5.02 Å². The zero-order valence-corrected chi connectivity index (χ0v) is 8.98. The van der Waals surface area contributed by atoms with E-state index in [1.165, 1.54) is 0 Å². The summed E-state index contributed by atoms with van der Waals surface area (Å²) in [6, 6.07) is 3.49. The Morgan fingerprint density at radius 2 is 2.18 bits per heavy atom. The van der Waals surface area contributed by atoms with Gasteiger partial charge in [0.1, 0.15) is 5.75 Å². The Morgan fingerprint density at radius 1 is 1.55 bits per heavy atom. The van der Waals surface area contributed by atoms with Crippen LogP contribution in [0.25, 0.3) is 0 Å². The molecular formula is C8H8ClIO. The molecule has 0 aliphatic carbocycles. The molecule has 11 heavy (non-hydrogen) atoms. The molecule has 1 rings (SSSR count). The van der Waals surface area contributed by atoms with Crippen molar-refractivity contribution in [1.82, 2.24) is 0 Å². The van der Waals surface area contributed by atoms with Gasteiger partial charge in [-0.3, -0.25) is 0 Å². The molecule has 0 amide bonds. The summed E-state index contributed by atoms with van der Waals surface area (Å²) in [5.74, 6) is 0.312. The Kier molecular flexibility index (Phi) is 3.01. The van der Waals surface area contributed by atoms with Crippen molar-refractivity contribution in [1.29, 1.82) is 0 Å². The van der Waals surface area contributed by atoms with Crippen molar-refractivity contribution in [2.24, 2.45) is 0 Å². The lowest BCUT2D eigenvalue weighted by molar-refractivity contribution is 0.471. The van der Waals surface area contributed by atoms with Gasteiger partial charge in [0.15, 0.2) is 0 Å². The normalized spacial score (nSPS) is 10.1. The summed E-state index contributed by atoms with van der Waals surface area (Å²) in [5.41, 5.74) is 0.990. The van der Waals surface area contributed by atoms with Crippen LogP contribution in [-0.4, -0.2) is 5.11 Å². The van der Waals surface area contributed by atoms with Crippen LogP contribution in [0, 0.1) is 3.57 Å². The highest BCUT2D eigenvalue weighted by Gasteiger charge is 2.03. The van der Waals surface area contributed by atoms with E-state index in [-0.39, 0.29) is 0 Å². The van der Waals surface area contributed by atoms with Crippen LogP contribution in [0.3, 0.4) is 0 Å². The van der Waals surface area contributed by atoms with E-state index in [0.717, 1.165) is 20.6 Å². The van der Waals surface area contributed by atoms with Gasteiger partial charge in [-0.2, -0.15) is 0 Å². The minimum atomic E-state index is 0.312. The first-order chi connectivity index (χ1) is 5.15. The molecule has 0 saturated carbocycles. The van der Waals surface area contributed by atoms with Gasteiger partial charge in [0.2, 0.25) is 0 Å². The Hall–Kier alpha value is 0.0400. The smallest absolute Gasteiger partial charge is 0.129 e. The molecule has 0 radical (unpaired) electrons. The molecule has 1 N–H and O–H groups in total. The Morgan fingerprint density at radius 3 is 2.73 bits per heavy atom. The monoisotopic (exact) mass is 282 g/mol. The third-order valence-electron chi connectivity index (χ3n) is 1.50. The number of rotatable bonds is 1. The average molecular weight is 283 g/mol. The number of phenols is 1. The first-order valence-corrected chi connectivity index (χ1v) is 4.77. The molecule has 0 fully saturated rings. The van der Waals surface area contributed by atoms with E-state index in [1.54, 1.807) is 12.1 Å². The van der Waals surface area contributed by atoms with E-state index in [0.29, 0.717) is 5.75 Å². The summed E-state index contributed by atoms with van der Waals surface area (Å²) < 4.78 is 0.796. The highest BCUT2D eigenvalue weighted by Crippen LogP contribution is 2.27. The lowest BCUT2D eigenvalue weighted by atomic mass is 10.2. The third-order valence-corrected chi connectivity index (χ3v) is 2.71. The van der Waals surface area contributed by atoms with Crippen LogP contribution >= 0.6 is 34.2 Å². The first-order valence-electron chi connectivity index (χ1n) is 3.32. The van der Waals surface area contributed by atoms with Gasteiger partial charge in [-0.05, 0) is 46.7 Å². The highest BCUT2D eigenvalue weighted by atomic mass is 127. The summed E-state index contributed by atoms with van der Waals surface area (Å²) in [5, 5.41) is 10.0. The molecule has 0 aliphatic rings. The fourth-order valence-electron chi connectivity index (χ4n) is 0.852.